The van der Waals surface area contributed by atoms with Gasteiger partial charge in [-0.25, -0.2) is 4.98 Å². The van der Waals surface area contributed by atoms with Crippen LogP contribution in [0.2, 0.25) is 0 Å². The van der Waals surface area contributed by atoms with Crippen molar-refractivity contribution in [3.63, 3.8) is 0 Å². The number of thiazole rings is 1. The van der Waals surface area contributed by atoms with Gasteiger partial charge >= 0.3 is 0 Å². The molecular weight excluding hydrogens is 346 g/mol. The number of carbonyl (C=O) groups excluding carboxylic acids is 1. The van der Waals surface area contributed by atoms with Crippen molar-refractivity contribution in [1.82, 2.24) is 4.98 Å². The third-order valence-corrected chi connectivity index (χ3v) is 4.03. The van der Waals surface area contributed by atoms with Gasteiger partial charge in [0.25, 0.3) is 0 Å². The molecule has 5 N–H and O–H groups in total. The van der Waals surface area contributed by atoms with Crippen LogP contribution in [0.1, 0.15) is 23.7 Å². The van der Waals surface area contributed by atoms with Crippen molar-refractivity contribution in [2.45, 2.75) is 26.2 Å². The molecule has 0 unspecified atom stereocenters. The number of aliphatic imine (C=N–C) groups is 1. The van der Waals surface area contributed by atoms with Crippen LogP contribution in [0, 0.1) is 0 Å². The highest BCUT2D eigenvalue weighted by atomic mass is 35.5. The zero-order valence-corrected chi connectivity index (χ0v) is 15.1. The molecule has 0 atom stereocenters. The second-order valence-electron chi connectivity index (χ2n) is 5.20. The van der Waals surface area contributed by atoms with E-state index in [1.165, 1.54) is 29.4 Å². The monoisotopic (exact) mass is 367 g/mol. The maximum absolute atomic E-state index is 11.0. The molecule has 2 rings (SSSR count). The molecule has 0 fully saturated rings. The zero-order chi connectivity index (χ0) is 16.7. The third kappa shape index (κ3) is 6.97. The average molecular weight is 368 g/mol. The number of aromatic nitrogens is 1. The molecule has 6 nitrogen and oxygen atoms in total. The fourth-order valence-electron chi connectivity index (χ4n) is 2.09. The average Bonchev–Trinajstić information content (AvgIpc) is 2.93. The molecule has 1 aromatic carbocycles. The minimum Gasteiger partial charge on any atom is -0.370 e. The van der Waals surface area contributed by atoms with Crippen molar-refractivity contribution in [3.05, 3.63) is 46.5 Å². The van der Waals surface area contributed by atoms with Gasteiger partial charge in [-0.15, -0.1) is 23.7 Å². The summed E-state index contributed by atoms with van der Waals surface area (Å²) >= 11 is 1.45. The van der Waals surface area contributed by atoms with Gasteiger partial charge in [0.2, 0.25) is 5.91 Å². The second kappa shape index (κ2) is 9.89. The summed E-state index contributed by atoms with van der Waals surface area (Å²) in [6.07, 6.45) is 2.59. The molecule has 2 aromatic rings. The molecule has 0 bridgehead atoms. The van der Waals surface area contributed by atoms with Crippen LogP contribution in [-0.2, 0) is 24.1 Å². The summed E-state index contributed by atoms with van der Waals surface area (Å²) in [5.41, 5.74) is 14.1. The number of halogens is 1. The lowest BCUT2D eigenvalue weighted by molar-refractivity contribution is -0.114. The fraction of sp³-hybridized carbons (Fsp3) is 0.312. The third-order valence-electron chi connectivity index (χ3n) is 3.22. The molecule has 0 radical (unpaired) electrons. The molecule has 0 aliphatic carbocycles. The summed E-state index contributed by atoms with van der Waals surface area (Å²) in [5.74, 6) is 0.0331. The van der Waals surface area contributed by atoms with Crippen molar-refractivity contribution >= 4 is 40.7 Å². The standard InChI is InChI=1S/C16H21N5OS.ClH/c1-11(22)20-16-21-14(10-23-16)7-6-12-2-4-13(5-3-12)8-9-19-15(17)18;/h2-5,10H,6-9H2,1H3,(H4,17,18,19)(H,20,21,22);1H. The number of hydrogen-bond donors (Lipinski definition) is 3. The van der Waals surface area contributed by atoms with Gasteiger partial charge < -0.3 is 16.8 Å². The van der Waals surface area contributed by atoms with Gasteiger partial charge in [0.05, 0.1) is 5.69 Å². The van der Waals surface area contributed by atoms with Crippen molar-refractivity contribution < 1.29 is 4.79 Å². The smallest absolute Gasteiger partial charge is 0.223 e. The lowest BCUT2D eigenvalue weighted by Crippen LogP contribution is -2.23. The number of aryl methyl sites for hydroxylation is 2. The Bertz CT molecular complexity index is 680. The second-order valence-corrected chi connectivity index (χ2v) is 6.06. The maximum atomic E-state index is 11.0. The van der Waals surface area contributed by atoms with Crippen LogP contribution in [0.3, 0.4) is 0 Å². The molecule has 0 saturated carbocycles. The minimum absolute atomic E-state index is 0. The molecule has 1 heterocycles. The molecule has 24 heavy (non-hydrogen) atoms. The molecule has 1 amide bonds. The van der Waals surface area contributed by atoms with Gasteiger partial charge in [-0.1, -0.05) is 24.3 Å². The first-order valence-corrected chi connectivity index (χ1v) is 8.26. The number of hydrogen-bond acceptors (Lipinski definition) is 4. The first-order valence-electron chi connectivity index (χ1n) is 7.38. The number of amides is 1. The van der Waals surface area contributed by atoms with E-state index >= 15 is 0 Å². The quantitative estimate of drug-likeness (QED) is 0.514. The Morgan fingerprint density at radius 1 is 1.17 bits per heavy atom. The molecular formula is C16H22ClN5OS. The van der Waals surface area contributed by atoms with Crippen LogP contribution in [0.25, 0.3) is 0 Å². The number of carbonyl (C=O) groups is 1. The predicted octanol–water partition coefficient (Wildman–Crippen LogP) is 2.12. The predicted molar refractivity (Wildman–Crippen MR) is 102 cm³/mol. The van der Waals surface area contributed by atoms with Crippen molar-refractivity contribution in [2.24, 2.45) is 16.5 Å². The van der Waals surface area contributed by atoms with E-state index in [2.05, 4.69) is 39.6 Å². The van der Waals surface area contributed by atoms with Crippen LogP contribution in [-0.4, -0.2) is 23.4 Å². The van der Waals surface area contributed by atoms with Crippen LogP contribution < -0.4 is 16.8 Å². The lowest BCUT2D eigenvalue weighted by Gasteiger charge is -2.03. The van der Waals surface area contributed by atoms with Gasteiger partial charge in [-0.3, -0.25) is 9.79 Å². The van der Waals surface area contributed by atoms with Crippen LogP contribution >= 0.6 is 23.7 Å². The first kappa shape index (κ1) is 19.9. The summed E-state index contributed by atoms with van der Waals surface area (Å²) < 4.78 is 0. The molecule has 0 spiro atoms. The number of anilines is 1. The summed E-state index contributed by atoms with van der Waals surface area (Å²) in [6.45, 7) is 2.09. The van der Waals surface area contributed by atoms with Crippen molar-refractivity contribution in [1.29, 1.82) is 0 Å². The topological polar surface area (TPSA) is 106 Å². The lowest BCUT2D eigenvalue weighted by atomic mass is 10.1. The van der Waals surface area contributed by atoms with E-state index in [-0.39, 0.29) is 24.3 Å². The largest absolute Gasteiger partial charge is 0.370 e. The van der Waals surface area contributed by atoms with Gasteiger partial charge in [-0.05, 0) is 30.4 Å². The number of nitrogens with two attached hydrogens (primary N) is 2. The van der Waals surface area contributed by atoms with Gasteiger partial charge in [0.1, 0.15) is 0 Å². The number of guanidine groups is 1. The normalized spacial score (nSPS) is 9.88. The molecule has 0 saturated heterocycles. The Morgan fingerprint density at radius 3 is 2.38 bits per heavy atom. The Labute approximate surface area is 151 Å². The van der Waals surface area contributed by atoms with Crippen LogP contribution in [0.15, 0.2) is 34.6 Å². The number of rotatable bonds is 7. The Hall–Kier alpha value is -2.12. The van der Waals surface area contributed by atoms with E-state index < -0.39 is 0 Å². The fourth-order valence-corrected chi connectivity index (χ4v) is 2.88. The highest BCUT2D eigenvalue weighted by Gasteiger charge is 2.04. The van der Waals surface area contributed by atoms with E-state index in [1.807, 2.05) is 5.38 Å². The van der Waals surface area contributed by atoms with Gasteiger partial charge in [0.15, 0.2) is 11.1 Å². The van der Waals surface area contributed by atoms with Crippen LogP contribution in [0.4, 0.5) is 5.13 Å². The van der Waals surface area contributed by atoms with Gasteiger partial charge in [-0.2, -0.15) is 0 Å². The van der Waals surface area contributed by atoms with E-state index in [4.69, 9.17) is 11.5 Å². The van der Waals surface area contributed by atoms with E-state index in [0.29, 0.717) is 11.7 Å². The van der Waals surface area contributed by atoms with E-state index in [0.717, 1.165) is 25.0 Å². The van der Waals surface area contributed by atoms with Crippen LogP contribution in [0.5, 0.6) is 0 Å². The summed E-state index contributed by atoms with van der Waals surface area (Å²) in [6, 6.07) is 8.43. The Balaban J connectivity index is 0.00000288. The number of nitrogens with one attached hydrogen (secondary N) is 1. The SMILES string of the molecule is CC(=O)Nc1nc(CCc2ccc(CCN=C(N)N)cc2)cs1.Cl. The summed E-state index contributed by atoms with van der Waals surface area (Å²) in [4.78, 5) is 19.3. The zero-order valence-electron chi connectivity index (χ0n) is 13.5. The van der Waals surface area contributed by atoms with Crippen molar-refractivity contribution in [2.75, 3.05) is 11.9 Å². The molecule has 8 heteroatoms. The minimum atomic E-state index is -0.0952. The van der Waals surface area contributed by atoms with E-state index in [9.17, 15) is 4.79 Å². The summed E-state index contributed by atoms with van der Waals surface area (Å²) in [5, 5.41) is 5.33. The first-order chi connectivity index (χ1) is 11.0. The highest BCUT2D eigenvalue weighted by Crippen LogP contribution is 2.17. The maximum Gasteiger partial charge on any atom is 0.223 e. The highest BCUT2D eigenvalue weighted by molar-refractivity contribution is 7.13. The van der Waals surface area contributed by atoms with Gasteiger partial charge in [0, 0.05) is 18.8 Å². The molecule has 1 aromatic heterocycles. The Kier molecular flexibility index (Phi) is 8.21. The number of nitrogens with zero attached hydrogens (tertiary/aromatic N) is 2. The van der Waals surface area contributed by atoms with Crippen molar-refractivity contribution in [3.8, 4) is 0 Å². The molecule has 0 aliphatic rings. The molecule has 130 valence electrons. The summed E-state index contributed by atoms with van der Waals surface area (Å²) in [7, 11) is 0. The van der Waals surface area contributed by atoms with E-state index in [1.54, 1.807) is 0 Å². The molecule has 0 aliphatic heterocycles. The number of benzene rings is 1. The Morgan fingerprint density at radius 2 is 1.79 bits per heavy atom.